The standard InChI is InChI=1S/C7H11.C6H15P.C5H5.Ti/c1-6(2)5-7(3)4;1-4-7(5-2)6-3;1-2-4-5-3-1;/h5H,1,3H2,2,4H3;4-6H2,1-3H3;1-5H;. The minimum absolute atomic E-state index is 0. The Labute approximate surface area is 146 Å². The first-order valence-corrected chi connectivity index (χ1v) is 8.92. The van der Waals surface area contributed by atoms with E-state index in [0.29, 0.717) is 7.92 Å². The van der Waals surface area contributed by atoms with Gasteiger partial charge in [-0.25, -0.2) is 0 Å². The van der Waals surface area contributed by atoms with Gasteiger partial charge in [0.1, 0.15) is 0 Å². The second kappa shape index (κ2) is 20.1. The van der Waals surface area contributed by atoms with Crippen LogP contribution in [-0.2, 0) is 21.7 Å². The van der Waals surface area contributed by atoms with Gasteiger partial charge in [0.25, 0.3) is 0 Å². The average molecular weight is 326 g/mol. The molecule has 0 heterocycles. The van der Waals surface area contributed by atoms with Crippen molar-refractivity contribution in [1.29, 1.82) is 0 Å². The molecule has 1 saturated carbocycles. The first-order valence-electron chi connectivity index (χ1n) is 7.02. The summed E-state index contributed by atoms with van der Waals surface area (Å²) in [7, 11) is 0.446. The predicted octanol–water partition coefficient (Wildman–Crippen LogP) is 5.59. The van der Waals surface area contributed by atoms with E-state index in [-0.39, 0.29) is 21.7 Å². The van der Waals surface area contributed by atoms with Crippen molar-refractivity contribution in [3.63, 3.8) is 0 Å². The Morgan fingerprint density at radius 2 is 1.05 bits per heavy atom. The molecular weight excluding hydrogens is 295 g/mol. The van der Waals surface area contributed by atoms with Gasteiger partial charge in [-0.3, -0.25) is 0 Å². The summed E-state index contributed by atoms with van der Waals surface area (Å²) < 4.78 is 0. The van der Waals surface area contributed by atoms with Gasteiger partial charge in [-0.1, -0.05) is 34.6 Å². The molecule has 0 saturated heterocycles. The molecule has 1 aliphatic carbocycles. The fourth-order valence-corrected chi connectivity index (χ4v) is 2.75. The molecule has 0 N–H and O–H groups in total. The second-order valence-electron chi connectivity index (χ2n) is 4.42. The Kier molecular flexibility index (Phi) is 26.3. The first kappa shape index (κ1) is 26.1. The Morgan fingerprint density at radius 3 is 1.10 bits per heavy atom. The SMILES string of the molecule is CCP(CC)CC.[CH2][C](C)[CH][C]([CH2])C.[CH]1[CH][CH][CH][CH]1.[Ti]. The molecule has 0 aliphatic heterocycles. The zero-order valence-electron chi connectivity index (χ0n) is 13.9. The molecule has 0 aromatic carbocycles. The molecule has 2 heteroatoms. The van der Waals surface area contributed by atoms with Gasteiger partial charge in [-0.05, 0) is 82.7 Å². The molecule has 1 fully saturated rings. The van der Waals surface area contributed by atoms with Crippen LogP contribution in [0.1, 0.15) is 34.6 Å². The van der Waals surface area contributed by atoms with Crippen LogP contribution in [-0.4, -0.2) is 18.5 Å². The summed E-state index contributed by atoms with van der Waals surface area (Å²) in [6.45, 7) is 18.1. The average Bonchev–Trinajstić information content (AvgIpc) is 2.89. The van der Waals surface area contributed by atoms with Crippen LogP contribution in [0.5, 0.6) is 0 Å². The van der Waals surface area contributed by atoms with E-state index < -0.39 is 0 Å². The van der Waals surface area contributed by atoms with Crippen LogP contribution in [0.4, 0.5) is 0 Å². The quantitative estimate of drug-likeness (QED) is 0.456. The molecule has 0 amide bonds. The van der Waals surface area contributed by atoms with Crippen LogP contribution in [0.25, 0.3) is 0 Å². The largest absolute Gasteiger partial charge is 0.108 e. The van der Waals surface area contributed by atoms with Gasteiger partial charge < -0.3 is 0 Å². The van der Waals surface area contributed by atoms with Crippen molar-refractivity contribution in [2.75, 3.05) is 18.5 Å². The van der Waals surface area contributed by atoms with E-state index >= 15 is 0 Å². The van der Waals surface area contributed by atoms with Crippen LogP contribution >= 0.6 is 7.92 Å². The van der Waals surface area contributed by atoms with Gasteiger partial charge in [-0.2, -0.15) is 0 Å². The van der Waals surface area contributed by atoms with Gasteiger partial charge in [0.15, 0.2) is 0 Å². The zero-order chi connectivity index (χ0) is 15.1. The van der Waals surface area contributed by atoms with Crippen LogP contribution in [0, 0.1) is 64.2 Å². The molecule has 0 nitrogen and oxygen atoms in total. The van der Waals surface area contributed by atoms with Crippen molar-refractivity contribution in [2.45, 2.75) is 34.6 Å². The second-order valence-corrected chi connectivity index (χ2v) is 7.66. The molecule has 0 aromatic heterocycles. The maximum Gasteiger partial charge on any atom is 0 e. The van der Waals surface area contributed by atoms with Crippen molar-refractivity contribution in [1.82, 2.24) is 0 Å². The van der Waals surface area contributed by atoms with Gasteiger partial charge >= 0.3 is 0 Å². The monoisotopic (exact) mass is 326 g/mol. The Balaban J connectivity index is -0.000000214. The van der Waals surface area contributed by atoms with Crippen molar-refractivity contribution < 1.29 is 21.7 Å². The van der Waals surface area contributed by atoms with Crippen LogP contribution in [0.15, 0.2) is 0 Å². The third-order valence-corrected chi connectivity index (χ3v) is 5.07. The normalized spacial score (nSPS) is 13.5. The van der Waals surface area contributed by atoms with Gasteiger partial charge in [-0.15, -0.1) is 7.92 Å². The topological polar surface area (TPSA) is 0 Å². The smallest absolute Gasteiger partial charge is 0 e. The van der Waals surface area contributed by atoms with E-state index in [9.17, 15) is 0 Å². The van der Waals surface area contributed by atoms with E-state index in [1.807, 2.05) is 52.4 Å². The van der Waals surface area contributed by atoms with Gasteiger partial charge in [0.2, 0.25) is 0 Å². The Bertz CT molecular complexity index is 130. The van der Waals surface area contributed by atoms with E-state index in [4.69, 9.17) is 0 Å². The number of hydrogen-bond acceptors (Lipinski definition) is 0. The Hall–Kier alpha value is 1.14. The van der Waals surface area contributed by atoms with E-state index in [0.717, 1.165) is 11.8 Å². The Morgan fingerprint density at radius 1 is 0.800 bits per heavy atom. The fraction of sp³-hybridized carbons (Fsp3) is 0.444. The number of rotatable bonds is 5. The fourth-order valence-electron chi connectivity index (χ4n) is 1.41. The van der Waals surface area contributed by atoms with Crippen molar-refractivity contribution >= 4 is 7.92 Å². The molecule has 10 radical (unpaired) electrons. The maximum atomic E-state index is 3.68. The van der Waals surface area contributed by atoms with E-state index in [1.54, 1.807) is 0 Å². The summed E-state index contributed by atoms with van der Waals surface area (Å²) >= 11 is 0. The molecule has 1 aliphatic rings. The molecule has 0 bridgehead atoms. The molecular formula is C18H31PTi. The molecule has 0 spiro atoms. The van der Waals surface area contributed by atoms with E-state index in [2.05, 4.69) is 34.6 Å². The van der Waals surface area contributed by atoms with Gasteiger partial charge in [0.05, 0.1) is 0 Å². The molecule has 0 unspecified atom stereocenters. The van der Waals surface area contributed by atoms with Gasteiger partial charge in [0, 0.05) is 21.7 Å². The van der Waals surface area contributed by atoms with Crippen LogP contribution in [0.2, 0.25) is 0 Å². The van der Waals surface area contributed by atoms with Crippen molar-refractivity contribution in [3.05, 3.63) is 64.2 Å². The third kappa shape index (κ3) is 24.2. The minimum atomic E-state index is 0. The minimum Gasteiger partial charge on any atom is -0.108 e. The summed E-state index contributed by atoms with van der Waals surface area (Å²) in [5, 5.41) is 0. The molecule has 0 atom stereocenters. The first-order chi connectivity index (χ1) is 8.97. The maximum absolute atomic E-state index is 3.68. The summed E-state index contributed by atoms with van der Waals surface area (Å²) in [4.78, 5) is 0. The van der Waals surface area contributed by atoms with Crippen molar-refractivity contribution in [3.8, 4) is 0 Å². The third-order valence-electron chi connectivity index (χ3n) is 2.39. The van der Waals surface area contributed by atoms with Crippen molar-refractivity contribution in [2.24, 2.45) is 0 Å². The zero-order valence-corrected chi connectivity index (χ0v) is 16.4. The molecule has 20 heavy (non-hydrogen) atoms. The summed E-state index contributed by atoms with van der Waals surface area (Å²) in [5.41, 5.74) is 0. The van der Waals surface area contributed by atoms with Crippen LogP contribution in [0.3, 0.4) is 0 Å². The summed E-state index contributed by atoms with van der Waals surface area (Å²) in [6, 6.07) is 0. The predicted molar refractivity (Wildman–Crippen MR) is 92.9 cm³/mol. The van der Waals surface area contributed by atoms with E-state index in [1.165, 1.54) is 18.5 Å². The molecule has 1 rings (SSSR count). The summed E-state index contributed by atoms with van der Waals surface area (Å²) in [6.07, 6.45) is 16.2. The number of hydrogen-bond donors (Lipinski definition) is 0. The van der Waals surface area contributed by atoms with Crippen LogP contribution < -0.4 is 0 Å². The molecule has 112 valence electrons. The summed E-state index contributed by atoms with van der Waals surface area (Å²) in [5.74, 6) is 2.12. The molecule has 0 aromatic rings.